The first-order chi connectivity index (χ1) is 20.6. The molecule has 0 unspecified atom stereocenters. The molecular formula is C31H40N2O10. The molecule has 1 saturated carbocycles. The molecule has 43 heavy (non-hydrogen) atoms. The van der Waals surface area contributed by atoms with Crippen LogP contribution in [-0.4, -0.2) is 104 Å². The molecule has 3 heterocycles. The quantitative estimate of drug-likeness (QED) is 0.276. The number of aromatic amines is 1. The summed E-state index contributed by atoms with van der Waals surface area (Å²) in [4.78, 5) is 29.8. The van der Waals surface area contributed by atoms with Gasteiger partial charge in [-0.2, -0.15) is 5.26 Å². The number of hydrogen-bond acceptors (Lipinski definition) is 11. The van der Waals surface area contributed by atoms with Crippen LogP contribution in [0.25, 0.3) is 0 Å². The van der Waals surface area contributed by atoms with E-state index < -0.39 is 77.6 Å². The number of carbonyl (C=O) groups is 2. The lowest BCUT2D eigenvalue weighted by Gasteiger charge is -2.49. The van der Waals surface area contributed by atoms with Crippen molar-refractivity contribution in [2.75, 3.05) is 41.2 Å². The molecule has 3 N–H and O–H groups in total. The molecular weight excluding hydrogens is 560 g/mol. The summed E-state index contributed by atoms with van der Waals surface area (Å²) in [6.45, 7) is 3.83. The van der Waals surface area contributed by atoms with Crippen molar-refractivity contribution in [1.29, 1.82) is 5.26 Å². The van der Waals surface area contributed by atoms with Crippen molar-refractivity contribution >= 4 is 11.9 Å². The molecule has 12 heteroatoms. The first kappa shape index (κ1) is 31.4. The van der Waals surface area contributed by atoms with Crippen molar-refractivity contribution in [2.45, 2.75) is 50.0 Å². The summed E-state index contributed by atoms with van der Waals surface area (Å²) in [6.07, 6.45) is 2.63. The van der Waals surface area contributed by atoms with E-state index in [0.29, 0.717) is 0 Å². The highest BCUT2D eigenvalue weighted by Crippen LogP contribution is 2.62. The highest BCUT2D eigenvalue weighted by molar-refractivity contribution is 5.88. The first-order valence-electron chi connectivity index (χ1n) is 14.5. The van der Waals surface area contributed by atoms with Crippen LogP contribution in [0.1, 0.15) is 29.9 Å². The average Bonchev–Trinajstić information content (AvgIpc) is 3.54. The number of nitrogens with one attached hydrogen (secondary N) is 1. The van der Waals surface area contributed by atoms with Gasteiger partial charge < -0.3 is 43.6 Å². The second-order valence-corrected chi connectivity index (χ2v) is 12.0. The van der Waals surface area contributed by atoms with E-state index in [9.17, 15) is 25.1 Å². The zero-order chi connectivity index (χ0) is 31.1. The third-order valence-electron chi connectivity index (χ3n) is 9.54. The second kappa shape index (κ2) is 12.5. The molecule has 12 atom stereocenters. The van der Waals surface area contributed by atoms with E-state index in [4.69, 9.17) is 28.4 Å². The van der Waals surface area contributed by atoms with E-state index in [2.05, 4.69) is 4.98 Å². The van der Waals surface area contributed by atoms with E-state index in [1.165, 1.54) is 33.6 Å². The lowest BCUT2D eigenvalue weighted by molar-refractivity contribution is -0.173. The Morgan fingerprint density at radius 1 is 1.21 bits per heavy atom. The van der Waals surface area contributed by atoms with Crippen molar-refractivity contribution < 1.29 is 48.2 Å². The Hall–Kier alpha value is -3.05. The molecule has 2 aliphatic heterocycles. The largest absolute Gasteiger partial charge is 0.459 e. The van der Waals surface area contributed by atoms with Gasteiger partial charge in [0.05, 0.1) is 37.4 Å². The van der Waals surface area contributed by atoms with Crippen LogP contribution < -0.4 is 0 Å². The fourth-order valence-corrected chi connectivity index (χ4v) is 7.76. The van der Waals surface area contributed by atoms with Gasteiger partial charge in [-0.25, -0.2) is 4.79 Å². The Bertz CT molecular complexity index is 1300. The number of hydrogen-bond donors (Lipinski definition) is 3. The van der Waals surface area contributed by atoms with Crippen molar-refractivity contribution in [3.63, 3.8) is 0 Å². The van der Waals surface area contributed by atoms with Gasteiger partial charge in [0, 0.05) is 57.1 Å². The first-order valence-corrected chi connectivity index (χ1v) is 14.5. The Kier molecular flexibility index (Phi) is 9.13. The van der Waals surface area contributed by atoms with Crippen molar-refractivity contribution in [1.82, 2.24) is 4.98 Å². The van der Waals surface area contributed by atoms with Crippen LogP contribution >= 0.6 is 0 Å². The van der Waals surface area contributed by atoms with Crippen molar-refractivity contribution in [3.8, 4) is 6.07 Å². The van der Waals surface area contributed by atoms with E-state index >= 15 is 0 Å². The number of ether oxygens (including phenoxy) is 6. The molecule has 1 saturated heterocycles. The molecule has 0 aromatic carbocycles. The third kappa shape index (κ3) is 5.22. The van der Waals surface area contributed by atoms with Gasteiger partial charge >= 0.3 is 11.9 Å². The van der Waals surface area contributed by atoms with Gasteiger partial charge in [-0.3, -0.25) is 4.79 Å². The molecule has 1 spiro atoms. The van der Waals surface area contributed by atoms with Gasteiger partial charge in [0.15, 0.2) is 0 Å². The van der Waals surface area contributed by atoms with Crippen LogP contribution in [0.3, 0.4) is 0 Å². The van der Waals surface area contributed by atoms with Crippen LogP contribution in [0, 0.1) is 46.8 Å². The summed E-state index contributed by atoms with van der Waals surface area (Å²) in [5, 5.41) is 32.1. The number of nitrogens with zero attached hydrogens (tertiary/aromatic N) is 1. The Labute approximate surface area is 250 Å². The van der Waals surface area contributed by atoms with Gasteiger partial charge in [0.2, 0.25) is 0 Å². The molecule has 2 aliphatic carbocycles. The topological polar surface area (TPSA) is 170 Å². The van der Waals surface area contributed by atoms with Gasteiger partial charge in [0.1, 0.15) is 41.8 Å². The fraction of sp³-hybridized carbons (Fsp3) is 0.645. The summed E-state index contributed by atoms with van der Waals surface area (Å²) in [6, 6.07) is 3.38. The highest BCUT2D eigenvalue weighted by atomic mass is 16.6. The Morgan fingerprint density at radius 3 is 2.60 bits per heavy atom. The third-order valence-corrected chi connectivity index (χ3v) is 9.54. The summed E-state index contributed by atoms with van der Waals surface area (Å²) in [7, 11) is 4.47. The van der Waals surface area contributed by atoms with Crippen LogP contribution in [0.15, 0.2) is 36.1 Å². The molecule has 234 valence electrons. The minimum atomic E-state index is -1.17. The number of aromatic nitrogens is 1. The normalized spacial score (nSPS) is 40.1. The van der Waals surface area contributed by atoms with Gasteiger partial charge in [-0.1, -0.05) is 25.2 Å². The molecule has 0 radical (unpaired) electrons. The van der Waals surface area contributed by atoms with Gasteiger partial charge in [-0.05, 0) is 18.6 Å². The number of esters is 2. The second-order valence-electron chi connectivity index (χ2n) is 12.0. The van der Waals surface area contributed by atoms with Crippen molar-refractivity contribution in [2.24, 2.45) is 35.5 Å². The smallest absolute Gasteiger partial charge is 0.355 e. The number of aliphatic hydroxyl groups is 2. The average molecular weight is 601 g/mol. The lowest BCUT2D eigenvalue weighted by Crippen LogP contribution is -2.59. The maximum atomic E-state index is 13.8. The number of methoxy groups -OCH3 is 3. The Balaban J connectivity index is 1.60. The molecule has 4 bridgehead atoms. The number of nitriles is 1. The van der Waals surface area contributed by atoms with Crippen LogP contribution in [0.4, 0.5) is 0 Å². The van der Waals surface area contributed by atoms with E-state index in [1.54, 1.807) is 0 Å². The number of H-pyrrole nitrogens is 1. The molecule has 1 aromatic heterocycles. The molecule has 4 aliphatic rings. The maximum Gasteiger partial charge on any atom is 0.355 e. The molecule has 2 fully saturated rings. The van der Waals surface area contributed by atoms with Gasteiger partial charge in [0.25, 0.3) is 0 Å². The lowest BCUT2D eigenvalue weighted by atomic mass is 9.56. The monoisotopic (exact) mass is 600 g/mol. The molecule has 5 rings (SSSR count). The maximum absolute atomic E-state index is 13.8. The summed E-state index contributed by atoms with van der Waals surface area (Å²) < 4.78 is 35.1. The molecule has 0 amide bonds. The fourth-order valence-electron chi connectivity index (χ4n) is 7.76. The molecule has 12 nitrogen and oxygen atoms in total. The zero-order valence-electron chi connectivity index (χ0n) is 25.0. The summed E-state index contributed by atoms with van der Waals surface area (Å²) in [5.41, 5.74) is -0.0136. The zero-order valence-corrected chi connectivity index (χ0v) is 25.0. The number of aliphatic hydroxyl groups excluding tert-OH is 2. The minimum absolute atomic E-state index is 0.0137. The number of cyclic esters (lactones) is 1. The van der Waals surface area contributed by atoms with E-state index in [1.807, 2.05) is 38.1 Å². The van der Waals surface area contributed by atoms with Crippen LogP contribution in [-0.2, 0) is 33.2 Å². The predicted octanol–water partition coefficient (Wildman–Crippen LogP) is 1.38. The van der Waals surface area contributed by atoms with E-state index in [-0.39, 0.29) is 37.0 Å². The van der Waals surface area contributed by atoms with Gasteiger partial charge in [-0.15, -0.1) is 0 Å². The predicted molar refractivity (Wildman–Crippen MR) is 149 cm³/mol. The number of carbonyl (C=O) groups excluding carboxylic acids is 2. The standard InChI is InChI=1S/C31H40N2O10/c1-15-8-16(2)31-21(19(12-38-3)29(36)41-26(15)23(34)14-40-5)7-6-18-24(31)25(35)20(13-39-4)27(28(18)43-31)42-30(37)22-9-17(10-32)11-33-22/h6-9,11,15,18-21,23-28,33-35H,12-14H2,1-5H3/b16-8+/t15-,18-,19-,20-,21-,23-,24+,25-,26+,27-,28-,31+/m1/s1. The number of rotatable bonds is 9. The Morgan fingerprint density at radius 2 is 1.95 bits per heavy atom. The minimum Gasteiger partial charge on any atom is -0.459 e. The van der Waals surface area contributed by atoms with Crippen LogP contribution in [0.2, 0.25) is 0 Å². The SMILES string of the molecule is COC[C@@H]1[C@@H](O)[C@@H]2[C@H]3C=C[C@@H]4[C@@H](COC)C(=O)O[C@H]([C@H](O)COC)[C@H](C)/C=C(\C)[C@@]24O[C@H]3[C@@H]1OC(=O)c1cc(C#N)c[nH]1. The highest BCUT2D eigenvalue weighted by Gasteiger charge is 2.71. The summed E-state index contributed by atoms with van der Waals surface area (Å²) >= 11 is 0. The van der Waals surface area contributed by atoms with E-state index in [0.717, 1.165) is 5.57 Å². The summed E-state index contributed by atoms with van der Waals surface area (Å²) in [5.74, 6) is -4.58. The molecule has 1 aromatic rings. The van der Waals surface area contributed by atoms with Crippen LogP contribution in [0.5, 0.6) is 0 Å². The van der Waals surface area contributed by atoms with Crippen molar-refractivity contribution in [3.05, 3.63) is 47.3 Å².